The van der Waals surface area contributed by atoms with Crippen molar-refractivity contribution in [1.29, 1.82) is 0 Å². The third-order valence-electron chi connectivity index (χ3n) is 4.51. The first-order valence-corrected chi connectivity index (χ1v) is 9.50. The second-order valence-electron chi connectivity index (χ2n) is 5.91. The summed E-state index contributed by atoms with van der Waals surface area (Å²) < 4.78 is 20.7. The molecular weight excluding hydrogens is 291 g/mol. The van der Waals surface area contributed by atoms with Crippen molar-refractivity contribution in [3.63, 3.8) is 0 Å². The average molecular weight is 310 g/mol. The molecule has 2 aliphatic rings. The van der Waals surface area contributed by atoms with Gasteiger partial charge in [-0.2, -0.15) is 0 Å². The number of benzene rings is 2. The van der Waals surface area contributed by atoms with Crippen LogP contribution in [-0.2, 0) is 4.57 Å². The fourth-order valence-electron chi connectivity index (χ4n) is 3.49. The SMILES string of the molecule is O=P1(c2ccccc2)N=C2CCCC[C@@H]2N1c1ccccc1. The lowest BCUT2D eigenvalue weighted by Crippen LogP contribution is -2.37. The van der Waals surface area contributed by atoms with Gasteiger partial charge in [0.25, 0.3) is 0 Å². The number of hydrogen-bond donors (Lipinski definition) is 0. The van der Waals surface area contributed by atoms with Crippen LogP contribution in [-0.4, -0.2) is 11.8 Å². The molecule has 2 aromatic carbocycles. The molecule has 4 rings (SSSR count). The highest BCUT2D eigenvalue weighted by Crippen LogP contribution is 2.59. The molecule has 1 aliphatic carbocycles. The number of fused-ring (bicyclic) bond motifs is 1. The Morgan fingerprint density at radius 1 is 0.955 bits per heavy atom. The van der Waals surface area contributed by atoms with Gasteiger partial charge in [0.15, 0.2) is 0 Å². The van der Waals surface area contributed by atoms with Gasteiger partial charge in [-0.1, -0.05) is 42.8 Å². The van der Waals surface area contributed by atoms with E-state index in [4.69, 9.17) is 4.76 Å². The minimum Gasteiger partial charge on any atom is -0.293 e. The van der Waals surface area contributed by atoms with Crippen molar-refractivity contribution < 1.29 is 4.57 Å². The summed E-state index contributed by atoms with van der Waals surface area (Å²) in [6.07, 6.45) is 4.37. The summed E-state index contributed by atoms with van der Waals surface area (Å²) in [5, 5.41) is 0.834. The van der Waals surface area contributed by atoms with Gasteiger partial charge in [-0.05, 0) is 43.5 Å². The molecule has 1 heterocycles. The van der Waals surface area contributed by atoms with Gasteiger partial charge in [0.2, 0.25) is 0 Å². The minimum atomic E-state index is -2.94. The van der Waals surface area contributed by atoms with Gasteiger partial charge in [-0.15, -0.1) is 0 Å². The summed E-state index contributed by atoms with van der Waals surface area (Å²) in [4.78, 5) is 0. The van der Waals surface area contributed by atoms with Crippen LogP contribution >= 0.6 is 7.44 Å². The molecule has 0 bridgehead atoms. The van der Waals surface area contributed by atoms with Crippen molar-refractivity contribution in [1.82, 2.24) is 0 Å². The maximum Gasteiger partial charge on any atom is 0.311 e. The number of rotatable bonds is 2. The van der Waals surface area contributed by atoms with Gasteiger partial charge < -0.3 is 0 Å². The minimum absolute atomic E-state index is 0.196. The summed E-state index contributed by atoms with van der Waals surface area (Å²) >= 11 is 0. The van der Waals surface area contributed by atoms with E-state index in [0.29, 0.717) is 0 Å². The third kappa shape index (κ3) is 2.12. The molecule has 1 saturated carbocycles. The van der Waals surface area contributed by atoms with Gasteiger partial charge in [0.05, 0.1) is 11.3 Å². The quantitative estimate of drug-likeness (QED) is 0.770. The number of anilines is 1. The van der Waals surface area contributed by atoms with Crippen LogP contribution in [0.5, 0.6) is 0 Å². The van der Waals surface area contributed by atoms with E-state index in [-0.39, 0.29) is 6.04 Å². The molecule has 3 nitrogen and oxygen atoms in total. The zero-order chi connectivity index (χ0) is 15.0. The second kappa shape index (κ2) is 5.40. The Kier molecular flexibility index (Phi) is 3.38. The van der Waals surface area contributed by atoms with Gasteiger partial charge in [-0.25, -0.2) is 4.76 Å². The third-order valence-corrected chi connectivity index (χ3v) is 7.10. The predicted molar refractivity (Wildman–Crippen MR) is 92.3 cm³/mol. The molecular formula is C18H19N2OP. The molecule has 0 spiro atoms. The van der Waals surface area contributed by atoms with Crippen molar-refractivity contribution in [3.05, 3.63) is 60.7 Å². The molecule has 1 unspecified atom stereocenters. The van der Waals surface area contributed by atoms with Crippen LogP contribution < -0.4 is 9.97 Å². The van der Waals surface area contributed by atoms with Crippen LogP contribution in [0.4, 0.5) is 5.69 Å². The highest BCUT2D eigenvalue weighted by Gasteiger charge is 2.46. The molecule has 0 aromatic heterocycles. The van der Waals surface area contributed by atoms with Crippen LogP contribution in [0.15, 0.2) is 65.4 Å². The molecule has 4 heteroatoms. The first-order chi connectivity index (χ1) is 10.8. The van der Waals surface area contributed by atoms with E-state index in [2.05, 4.69) is 4.67 Å². The Balaban J connectivity index is 1.87. The first-order valence-electron chi connectivity index (χ1n) is 7.88. The Bertz CT molecular complexity index is 742. The first kappa shape index (κ1) is 13.8. The van der Waals surface area contributed by atoms with Crippen LogP contribution in [0.3, 0.4) is 0 Å². The smallest absolute Gasteiger partial charge is 0.293 e. The predicted octanol–water partition coefficient (Wildman–Crippen LogP) is 4.41. The molecule has 112 valence electrons. The normalized spacial score (nSPS) is 27.4. The molecule has 0 radical (unpaired) electrons. The van der Waals surface area contributed by atoms with E-state index in [9.17, 15) is 4.57 Å². The van der Waals surface area contributed by atoms with E-state index in [0.717, 1.165) is 36.0 Å². The monoisotopic (exact) mass is 310 g/mol. The van der Waals surface area contributed by atoms with Crippen molar-refractivity contribution in [3.8, 4) is 0 Å². The largest absolute Gasteiger partial charge is 0.311 e. The number of hydrogen-bond acceptors (Lipinski definition) is 1. The number of nitrogens with zero attached hydrogens (tertiary/aromatic N) is 2. The summed E-state index contributed by atoms with van der Waals surface area (Å²) in [6, 6.07) is 20.0. The molecule has 2 aromatic rings. The fourth-order valence-corrected chi connectivity index (χ4v) is 6.17. The van der Waals surface area contributed by atoms with E-state index in [1.807, 2.05) is 60.7 Å². The Labute approximate surface area is 131 Å². The van der Waals surface area contributed by atoms with Crippen LogP contribution in [0.2, 0.25) is 0 Å². The van der Waals surface area contributed by atoms with Gasteiger partial charge in [0.1, 0.15) is 0 Å². The lowest BCUT2D eigenvalue weighted by molar-refractivity contribution is 0.572. The summed E-state index contributed by atoms with van der Waals surface area (Å²) in [7, 11) is -2.94. The highest BCUT2D eigenvalue weighted by molar-refractivity contribution is 7.72. The Hall–Kier alpha value is -1.86. The Morgan fingerprint density at radius 3 is 2.36 bits per heavy atom. The van der Waals surface area contributed by atoms with Crippen molar-refractivity contribution in [2.75, 3.05) is 4.67 Å². The topological polar surface area (TPSA) is 32.7 Å². The maximum absolute atomic E-state index is 13.9. The van der Waals surface area contributed by atoms with E-state index in [1.165, 1.54) is 6.42 Å². The van der Waals surface area contributed by atoms with Crippen LogP contribution in [0.25, 0.3) is 0 Å². The molecule has 1 aliphatic heterocycles. The van der Waals surface area contributed by atoms with Crippen LogP contribution in [0, 0.1) is 0 Å². The van der Waals surface area contributed by atoms with Crippen molar-refractivity contribution in [2.24, 2.45) is 4.76 Å². The van der Waals surface area contributed by atoms with E-state index in [1.54, 1.807) is 0 Å². The molecule has 0 saturated heterocycles. The van der Waals surface area contributed by atoms with Crippen molar-refractivity contribution >= 4 is 24.1 Å². The lowest BCUT2D eigenvalue weighted by Gasteiger charge is -2.33. The van der Waals surface area contributed by atoms with Crippen LogP contribution in [0.1, 0.15) is 25.7 Å². The summed E-state index contributed by atoms with van der Waals surface area (Å²) in [5.74, 6) is 0. The standard InChI is InChI=1S/C18H19N2OP/c21-22(16-11-5-2-6-12-16)19-17-13-7-8-14-18(17)20(22)15-9-3-1-4-10-15/h1-6,9-12,18H,7-8,13-14H2/t18-,22?/m0/s1. The lowest BCUT2D eigenvalue weighted by atomic mass is 9.93. The highest BCUT2D eigenvalue weighted by atomic mass is 31.2. The molecule has 1 fully saturated rings. The van der Waals surface area contributed by atoms with Gasteiger partial charge >= 0.3 is 7.44 Å². The fraction of sp³-hybridized carbons (Fsp3) is 0.278. The zero-order valence-corrected chi connectivity index (χ0v) is 13.3. The van der Waals surface area contributed by atoms with Gasteiger partial charge in [-0.3, -0.25) is 9.24 Å². The molecule has 0 amide bonds. The summed E-state index contributed by atoms with van der Waals surface area (Å²) in [6.45, 7) is 0. The second-order valence-corrected chi connectivity index (χ2v) is 8.15. The maximum atomic E-state index is 13.9. The van der Waals surface area contributed by atoms with E-state index < -0.39 is 7.44 Å². The number of para-hydroxylation sites is 1. The Morgan fingerprint density at radius 2 is 1.64 bits per heavy atom. The molecule has 2 atom stereocenters. The molecule has 0 N–H and O–H groups in total. The summed E-state index contributed by atoms with van der Waals surface area (Å²) in [5.41, 5.74) is 2.14. The zero-order valence-electron chi connectivity index (χ0n) is 12.4. The molecule has 22 heavy (non-hydrogen) atoms. The average Bonchev–Trinajstić information content (AvgIpc) is 2.90. The van der Waals surface area contributed by atoms with Gasteiger partial charge in [0, 0.05) is 11.4 Å². The van der Waals surface area contributed by atoms with Crippen molar-refractivity contribution in [2.45, 2.75) is 31.7 Å². The van der Waals surface area contributed by atoms with E-state index >= 15 is 0 Å².